The Morgan fingerprint density at radius 2 is 1.75 bits per heavy atom. The van der Waals surface area contributed by atoms with Gasteiger partial charge in [-0.15, -0.1) is 0 Å². The highest BCUT2D eigenvalue weighted by Gasteiger charge is 2.05. The zero-order valence-corrected chi connectivity index (χ0v) is 7.62. The van der Waals surface area contributed by atoms with Gasteiger partial charge in [-0.1, -0.05) is 18.2 Å². The Kier molecular flexibility index (Phi) is 3.11. The molecule has 0 saturated carbocycles. The van der Waals surface area contributed by atoms with E-state index in [1.807, 2.05) is 37.3 Å². The van der Waals surface area contributed by atoms with Crippen LogP contribution in [0.1, 0.15) is 13.8 Å². The highest BCUT2D eigenvalue weighted by molar-refractivity contribution is 5.43. The van der Waals surface area contributed by atoms with Crippen LogP contribution in [0.15, 0.2) is 30.3 Å². The standard InChI is InChI=1S/C10H16N2/c1-8(11)9(2)12-10-6-4-3-5-7-10/h3-9,12H,11H2,1-2H3. The fourth-order valence-electron chi connectivity index (χ4n) is 0.929. The number of nitrogens with two attached hydrogens (primary N) is 1. The molecule has 0 heterocycles. The first kappa shape index (κ1) is 9.07. The lowest BCUT2D eigenvalue weighted by atomic mass is 10.2. The maximum Gasteiger partial charge on any atom is 0.0381 e. The lowest BCUT2D eigenvalue weighted by Gasteiger charge is -2.18. The number of anilines is 1. The first-order valence-electron chi connectivity index (χ1n) is 4.27. The summed E-state index contributed by atoms with van der Waals surface area (Å²) >= 11 is 0. The van der Waals surface area contributed by atoms with Gasteiger partial charge in [0.1, 0.15) is 0 Å². The number of hydrogen-bond acceptors (Lipinski definition) is 2. The smallest absolute Gasteiger partial charge is 0.0381 e. The third kappa shape index (κ3) is 2.55. The highest BCUT2D eigenvalue weighted by atomic mass is 14.9. The monoisotopic (exact) mass is 164 g/mol. The molecule has 3 N–H and O–H groups in total. The van der Waals surface area contributed by atoms with Crippen molar-refractivity contribution in [3.8, 4) is 0 Å². The summed E-state index contributed by atoms with van der Waals surface area (Å²) in [4.78, 5) is 0. The molecule has 0 fully saturated rings. The highest BCUT2D eigenvalue weighted by Crippen LogP contribution is 2.07. The fraction of sp³-hybridized carbons (Fsp3) is 0.400. The van der Waals surface area contributed by atoms with Gasteiger partial charge in [-0.3, -0.25) is 0 Å². The summed E-state index contributed by atoms with van der Waals surface area (Å²) in [5.74, 6) is 0. The van der Waals surface area contributed by atoms with Gasteiger partial charge in [-0.25, -0.2) is 0 Å². The van der Waals surface area contributed by atoms with Crippen LogP contribution in [0.4, 0.5) is 5.69 Å². The maximum absolute atomic E-state index is 5.72. The predicted octanol–water partition coefficient (Wildman–Crippen LogP) is 1.83. The van der Waals surface area contributed by atoms with E-state index in [0.717, 1.165) is 5.69 Å². The average molecular weight is 164 g/mol. The van der Waals surface area contributed by atoms with Crippen LogP contribution in [0.5, 0.6) is 0 Å². The number of nitrogens with one attached hydrogen (secondary N) is 1. The molecule has 0 spiro atoms. The molecule has 66 valence electrons. The SMILES string of the molecule is CC(N)C(C)Nc1ccccc1. The lowest BCUT2D eigenvalue weighted by molar-refractivity contribution is 0.638. The van der Waals surface area contributed by atoms with Gasteiger partial charge >= 0.3 is 0 Å². The Labute approximate surface area is 73.8 Å². The number of hydrogen-bond donors (Lipinski definition) is 2. The Balaban J connectivity index is 2.53. The third-order valence-corrected chi connectivity index (χ3v) is 1.96. The van der Waals surface area contributed by atoms with Crippen molar-refractivity contribution in [1.82, 2.24) is 0 Å². The van der Waals surface area contributed by atoms with Crippen molar-refractivity contribution in [3.05, 3.63) is 30.3 Å². The van der Waals surface area contributed by atoms with Crippen molar-refractivity contribution < 1.29 is 0 Å². The van der Waals surface area contributed by atoms with Crippen molar-refractivity contribution in [2.24, 2.45) is 5.73 Å². The van der Waals surface area contributed by atoms with Gasteiger partial charge in [0.05, 0.1) is 0 Å². The molecule has 0 saturated heterocycles. The molecule has 0 amide bonds. The summed E-state index contributed by atoms with van der Waals surface area (Å²) in [7, 11) is 0. The summed E-state index contributed by atoms with van der Waals surface area (Å²) in [6, 6.07) is 10.6. The van der Waals surface area contributed by atoms with Gasteiger partial charge in [0, 0.05) is 17.8 Å². The second-order valence-electron chi connectivity index (χ2n) is 3.16. The molecule has 2 nitrogen and oxygen atoms in total. The van der Waals surface area contributed by atoms with E-state index in [4.69, 9.17) is 5.73 Å². The Bertz CT molecular complexity index is 219. The van der Waals surface area contributed by atoms with Gasteiger partial charge in [-0.2, -0.15) is 0 Å². The summed E-state index contributed by atoms with van der Waals surface area (Å²) < 4.78 is 0. The molecular formula is C10H16N2. The minimum Gasteiger partial charge on any atom is -0.381 e. The van der Waals surface area contributed by atoms with Crippen molar-refractivity contribution in [2.75, 3.05) is 5.32 Å². The van der Waals surface area contributed by atoms with Crippen LogP contribution >= 0.6 is 0 Å². The number of para-hydroxylation sites is 1. The molecule has 2 unspecified atom stereocenters. The molecule has 0 radical (unpaired) electrons. The summed E-state index contributed by atoms with van der Waals surface area (Å²) in [6.45, 7) is 4.08. The Morgan fingerprint density at radius 1 is 1.17 bits per heavy atom. The van der Waals surface area contributed by atoms with Crippen LogP contribution < -0.4 is 11.1 Å². The molecule has 0 aliphatic rings. The van der Waals surface area contributed by atoms with Crippen LogP contribution in [-0.2, 0) is 0 Å². The van der Waals surface area contributed by atoms with E-state index in [2.05, 4.69) is 12.2 Å². The first-order chi connectivity index (χ1) is 5.70. The van der Waals surface area contributed by atoms with E-state index in [1.54, 1.807) is 0 Å². The molecule has 12 heavy (non-hydrogen) atoms. The van der Waals surface area contributed by atoms with Crippen molar-refractivity contribution in [2.45, 2.75) is 25.9 Å². The fourth-order valence-corrected chi connectivity index (χ4v) is 0.929. The third-order valence-electron chi connectivity index (χ3n) is 1.96. The topological polar surface area (TPSA) is 38.0 Å². The zero-order valence-electron chi connectivity index (χ0n) is 7.62. The Hall–Kier alpha value is -1.02. The number of rotatable bonds is 3. The average Bonchev–Trinajstić information content (AvgIpc) is 2.06. The molecule has 2 atom stereocenters. The predicted molar refractivity (Wildman–Crippen MR) is 53.2 cm³/mol. The van der Waals surface area contributed by atoms with Crippen LogP contribution in [-0.4, -0.2) is 12.1 Å². The molecule has 0 bridgehead atoms. The summed E-state index contributed by atoms with van der Waals surface area (Å²) in [5.41, 5.74) is 6.85. The molecule has 1 aromatic carbocycles. The van der Waals surface area contributed by atoms with Crippen LogP contribution in [0.2, 0.25) is 0 Å². The van der Waals surface area contributed by atoms with Gasteiger partial charge in [0.25, 0.3) is 0 Å². The largest absolute Gasteiger partial charge is 0.381 e. The van der Waals surface area contributed by atoms with Gasteiger partial charge in [-0.05, 0) is 26.0 Å². The first-order valence-corrected chi connectivity index (χ1v) is 4.27. The minimum atomic E-state index is 0.171. The number of benzene rings is 1. The molecule has 2 heteroatoms. The summed E-state index contributed by atoms with van der Waals surface area (Å²) in [5, 5.41) is 3.32. The zero-order chi connectivity index (χ0) is 8.97. The molecule has 1 rings (SSSR count). The molecule has 1 aromatic rings. The van der Waals surface area contributed by atoms with E-state index < -0.39 is 0 Å². The summed E-state index contributed by atoms with van der Waals surface area (Å²) in [6.07, 6.45) is 0. The second-order valence-corrected chi connectivity index (χ2v) is 3.16. The van der Waals surface area contributed by atoms with E-state index in [1.165, 1.54) is 0 Å². The van der Waals surface area contributed by atoms with Crippen molar-refractivity contribution in [1.29, 1.82) is 0 Å². The van der Waals surface area contributed by atoms with E-state index >= 15 is 0 Å². The second kappa shape index (κ2) is 4.12. The maximum atomic E-state index is 5.72. The van der Waals surface area contributed by atoms with Crippen molar-refractivity contribution >= 4 is 5.69 Å². The lowest BCUT2D eigenvalue weighted by Crippen LogP contribution is -2.35. The van der Waals surface area contributed by atoms with Gasteiger partial charge in [0.15, 0.2) is 0 Å². The van der Waals surface area contributed by atoms with E-state index in [9.17, 15) is 0 Å². The minimum absolute atomic E-state index is 0.171. The van der Waals surface area contributed by atoms with E-state index in [-0.39, 0.29) is 6.04 Å². The van der Waals surface area contributed by atoms with Crippen LogP contribution in [0.3, 0.4) is 0 Å². The van der Waals surface area contributed by atoms with Crippen molar-refractivity contribution in [3.63, 3.8) is 0 Å². The quantitative estimate of drug-likeness (QED) is 0.715. The molecule has 0 aliphatic heterocycles. The van der Waals surface area contributed by atoms with E-state index in [0.29, 0.717) is 6.04 Å². The van der Waals surface area contributed by atoms with Gasteiger partial charge in [0.2, 0.25) is 0 Å². The normalized spacial score (nSPS) is 15.2. The molecular weight excluding hydrogens is 148 g/mol. The van der Waals surface area contributed by atoms with Gasteiger partial charge < -0.3 is 11.1 Å². The Morgan fingerprint density at radius 3 is 2.25 bits per heavy atom. The molecule has 0 aromatic heterocycles. The van der Waals surface area contributed by atoms with Crippen LogP contribution in [0.25, 0.3) is 0 Å². The van der Waals surface area contributed by atoms with Crippen LogP contribution in [0, 0.1) is 0 Å². The molecule has 0 aliphatic carbocycles.